The predicted octanol–water partition coefficient (Wildman–Crippen LogP) is 10.8. The van der Waals surface area contributed by atoms with Gasteiger partial charge in [0.25, 0.3) is 0 Å². The van der Waals surface area contributed by atoms with Crippen LogP contribution in [0.4, 0.5) is 0 Å². The quantitative estimate of drug-likeness (QED) is 0.0698. The number of carbonyl (C=O) groups is 2. The summed E-state index contributed by atoms with van der Waals surface area (Å²) in [4.78, 5) is 25.0. The molecular weight excluding hydrogens is 521 g/mol. The van der Waals surface area contributed by atoms with Crippen molar-refractivity contribution in [1.29, 1.82) is 0 Å². The van der Waals surface area contributed by atoms with Crippen LogP contribution in [0.5, 0.6) is 0 Å². The summed E-state index contributed by atoms with van der Waals surface area (Å²) in [7, 11) is 0. The normalized spacial score (nSPS) is 15.6. The summed E-state index contributed by atoms with van der Waals surface area (Å²) >= 11 is 8.42. The van der Waals surface area contributed by atoms with Crippen LogP contribution in [0.25, 0.3) is 0 Å². The van der Waals surface area contributed by atoms with Crippen LogP contribution in [0.2, 0.25) is 0 Å². The second-order valence-corrected chi connectivity index (χ2v) is 14.8. The molecule has 39 heavy (non-hydrogen) atoms. The van der Waals surface area contributed by atoms with E-state index in [2.05, 4.69) is 73.7 Å². The molecule has 3 nitrogen and oxygen atoms in total. The highest BCUT2D eigenvalue weighted by Gasteiger charge is 2.53. The van der Waals surface area contributed by atoms with Crippen LogP contribution in [-0.2, 0) is 9.59 Å². The average molecular weight is 587 g/mol. The van der Waals surface area contributed by atoms with Crippen LogP contribution in [0.3, 0.4) is 0 Å². The van der Waals surface area contributed by atoms with Crippen LogP contribution in [0.15, 0.2) is 0 Å². The van der Waals surface area contributed by atoms with Crippen molar-refractivity contribution in [2.75, 3.05) is 0 Å². The molecule has 232 valence electrons. The lowest BCUT2D eigenvalue weighted by Gasteiger charge is -2.53. The first-order valence-corrected chi connectivity index (χ1v) is 17.3. The second kappa shape index (κ2) is 20.8. The standard InChI is InChI=1S/C34H66O3S2/c1-8-11-13-15-17-19-21-24-32(4,5)28(26-30(35)38)34(37,23-10-3)29(27-31(36)39)33(6,7)25-22-20-18-16-14-12-9-2/h28-29,37H,8-27H2,1-7H3,(H,35,38)(H,36,39). The van der Waals surface area contributed by atoms with E-state index in [-0.39, 0.29) is 45.7 Å². The Morgan fingerprint density at radius 2 is 0.846 bits per heavy atom. The van der Waals surface area contributed by atoms with Crippen molar-refractivity contribution in [2.45, 2.75) is 182 Å². The summed E-state index contributed by atoms with van der Waals surface area (Å²) in [5.74, 6) is -0.526. The maximum atomic E-state index is 12.7. The van der Waals surface area contributed by atoms with Crippen LogP contribution in [-0.4, -0.2) is 20.9 Å². The molecule has 2 atom stereocenters. The molecule has 0 bridgehead atoms. The Morgan fingerprint density at radius 1 is 0.538 bits per heavy atom. The zero-order chi connectivity index (χ0) is 30.0. The van der Waals surface area contributed by atoms with Crippen molar-refractivity contribution < 1.29 is 14.7 Å². The van der Waals surface area contributed by atoms with E-state index in [1.807, 2.05) is 0 Å². The molecule has 0 radical (unpaired) electrons. The van der Waals surface area contributed by atoms with Crippen molar-refractivity contribution >= 4 is 35.5 Å². The number of aliphatic hydroxyl groups is 1. The fourth-order valence-corrected chi connectivity index (χ4v) is 7.39. The van der Waals surface area contributed by atoms with Gasteiger partial charge in [0.15, 0.2) is 10.2 Å². The summed E-state index contributed by atoms with van der Waals surface area (Å²) in [6.07, 6.45) is 21.1. The molecule has 1 N–H and O–H groups in total. The number of thiol groups is 2. The predicted molar refractivity (Wildman–Crippen MR) is 177 cm³/mol. The largest absolute Gasteiger partial charge is 0.389 e. The Balaban J connectivity index is 5.88. The van der Waals surface area contributed by atoms with Crippen molar-refractivity contribution in [2.24, 2.45) is 22.7 Å². The van der Waals surface area contributed by atoms with E-state index >= 15 is 0 Å². The molecular formula is C34H66O3S2. The minimum atomic E-state index is -1.14. The Kier molecular flexibility index (Phi) is 20.8. The molecule has 0 aliphatic carbocycles. The molecule has 0 spiro atoms. The number of rotatable bonds is 26. The number of hydrogen-bond donors (Lipinski definition) is 3. The molecule has 0 saturated carbocycles. The molecule has 0 rings (SSSR count). The lowest BCUT2D eigenvalue weighted by molar-refractivity contribution is -0.159. The van der Waals surface area contributed by atoms with Crippen LogP contribution in [0, 0.1) is 22.7 Å². The Labute approximate surface area is 254 Å². The molecule has 0 aromatic carbocycles. The third-order valence-electron chi connectivity index (χ3n) is 9.35. The van der Waals surface area contributed by atoms with Gasteiger partial charge in [-0.15, -0.1) is 25.3 Å². The van der Waals surface area contributed by atoms with E-state index in [1.165, 1.54) is 77.0 Å². The highest BCUT2D eigenvalue weighted by atomic mass is 32.1. The van der Waals surface area contributed by atoms with E-state index < -0.39 is 5.60 Å². The van der Waals surface area contributed by atoms with Gasteiger partial charge in [-0.1, -0.05) is 145 Å². The van der Waals surface area contributed by atoms with Crippen LogP contribution >= 0.6 is 25.3 Å². The van der Waals surface area contributed by atoms with Gasteiger partial charge in [0.2, 0.25) is 0 Å². The molecule has 0 aliphatic rings. The van der Waals surface area contributed by atoms with Crippen molar-refractivity contribution in [1.82, 2.24) is 0 Å². The molecule has 0 saturated heterocycles. The Morgan fingerprint density at radius 3 is 1.13 bits per heavy atom. The summed E-state index contributed by atoms with van der Waals surface area (Å²) < 4.78 is 0. The van der Waals surface area contributed by atoms with Gasteiger partial charge >= 0.3 is 0 Å². The van der Waals surface area contributed by atoms with E-state index in [4.69, 9.17) is 0 Å². The highest BCUT2D eigenvalue weighted by molar-refractivity contribution is 7.96. The van der Waals surface area contributed by atoms with Gasteiger partial charge in [-0.25, -0.2) is 0 Å². The first-order chi connectivity index (χ1) is 18.3. The molecule has 0 fully saturated rings. The van der Waals surface area contributed by atoms with E-state index in [1.54, 1.807) is 0 Å². The summed E-state index contributed by atoms with van der Waals surface area (Å²) in [6.45, 7) is 15.4. The minimum absolute atomic E-state index is 0.178. The van der Waals surface area contributed by atoms with E-state index in [0.29, 0.717) is 6.42 Å². The number of hydrogen-bond acceptors (Lipinski definition) is 3. The SMILES string of the molecule is CCCCCCCCCC(C)(C)C(CC(=O)S)C(O)(CCC)C(CC(=O)S)C(C)(C)CCCCCCCCC. The Bertz CT molecular complexity index is 609. The molecule has 0 aromatic heterocycles. The number of carbonyl (C=O) groups excluding carboxylic acids is 2. The molecule has 5 heteroatoms. The topological polar surface area (TPSA) is 54.4 Å². The number of unbranched alkanes of at least 4 members (excludes halogenated alkanes) is 12. The fraction of sp³-hybridized carbons (Fsp3) is 0.941. The fourth-order valence-electron chi connectivity index (χ4n) is 7.02. The highest BCUT2D eigenvalue weighted by Crippen LogP contribution is 2.53. The van der Waals surface area contributed by atoms with E-state index in [9.17, 15) is 14.7 Å². The van der Waals surface area contributed by atoms with Gasteiger partial charge < -0.3 is 5.11 Å². The Hall–Kier alpha value is -0.000000000000000111. The lowest BCUT2D eigenvalue weighted by atomic mass is 9.54. The van der Waals surface area contributed by atoms with Gasteiger partial charge in [-0.3, -0.25) is 9.59 Å². The minimum Gasteiger partial charge on any atom is -0.389 e. The zero-order valence-electron chi connectivity index (χ0n) is 27.0. The summed E-state index contributed by atoms with van der Waals surface area (Å²) in [5.41, 5.74) is -1.64. The van der Waals surface area contributed by atoms with Crippen molar-refractivity contribution in [3.8, 4) is 0 Å². The molecule has 0 aliphatic heterocycles. The molecule has 0 amide bonds. The lowest BCUT2D eigenvalue weighted by Crippen LogP contribution is -2.56. The second-order valence-electron chi connectivity index (χ2n) is 13.8. The van der Waals surface area contributed by atoms with Gasteiger partial charge in [-0.05, 0) is 30.1 Å². The first-order valence-electron chi connectivity index (χ1n) is 16.4. The van der Waals surface area contributed by atoms with Gasteiger partial charge in [-0.2, -0.15) is 0 Å². The third-order valence-corrected chi connectivity index (χ3v) is 9.72. The van der Waals surface area contributed by atoms with E-state index in [0.717, 1.165) is 32.1 Å². The van der Waals surface area contributed by atoms with Gasteiger partial charge in [0, 0.05) is 24.7 Å². The van der Waals surface area contributed by atoms with Gasteiger partial charge in [0.05, 0.1) is 5.60 Å². The smallest absolute Gasteiger partial charge is 0.186 e. The third kappa shape index (κ3) is 15.7. The molecule has 0 heterocycles. The molecule has 0 aromatic rings. The summed E-state index contributed by atoms with van der Waals surface area (Å²) in [5, 5.41) is 12.4. The van der Waals surface area contributed by atoms with Crippen LogP contribution in [0.1, 0.15) is 177 Å². The summed E-state index contributed by atoms with van der Waals surface area (Å²) in [6, 6.07) is 0. The van der Waals surface area contributed by atoms with Crippen molar-refractivity contribution in [3.05, 3.63) is 0 Å². The molecule has 2 unspecified atom stereocenters. The van der Waals surface area contributed by atoms with Crippen LogP contribution < -0.4 is 0 Å². The monoisotopic (exact) mass is 586 g/mol. The first kappa shape index (κ1) is 39.0. The maximum absolute atomic E-state index is 12.7. The maximum Gasteiger partial charge on any atom is 0.186 e. The van der Waals surface area contributed by atoms with Gasteiger partial charge in [0.1, 0.15) is 0 Å². The zero-order valence-corrected chi connectivity index (χ0v) is 28.7. The van der Waals surface area contributed by atoms with Crippen molar-refractivity contribution in [3.63, 3.8) is 0 Å². The average Bonchev–Trinajstić information content (AvgIpc) is 2.84.